The van der Waals surface area contributed by atoms with Crippen LogP contribution >= 0.6 is 34.2 Å². The van der Waals surface area contributed by atoms with E-state index in [1.54, 1.807) is 0 Å². The first-order valence-electron chi connectivity index (χ1n) is 7.20. The highest BCUT2D eigenvalue weighted by Crippen LogP contribution is 2.26. The second-order valence-corrected chi connectivity index (χ2v) is 7.41. The summed E-state index contributed by atoms with van der Waals surface area (Å²) in [4.78, 5) is 9.15. The first-order chi connectivity index (χ1) is 9.88. The Morgan fingerprint density at radius 2 is 1.67 bits per heavy atom. The van der Waals surface area contributed by atoms with Crippen molar-refractivity contribution < 1.29 is 0 Å². The minimum absolute atomic E-state index is 0.525. The van der Waals surface area contributed by atoms with Crippen LogP contribution in [0.5, 0.6) is 0 Å². The zero-order valence-electron chi connectivity index (χ0n) is 12.8. The molecule has 0 saturated heterocycles. The van der Waals surface area contributed by atoms with Gasteiger partial charge in [-0.2, -0.15) is 0 Å². The Balaban J connectivity index is 2.41. The van der Waals surface area contributed by atoms with E-state index >= 15 is 0 Å². The topological polar surface area (TPSA) is 25.8 Å². The molecule has 0 saturated carbocycles. The van der Waals surface area contributed by atoms with Gasteiger partial charge in [0.2, 0.25) is 0 Å². The highest BCUT2D eigenvalue weighted by Gasteiger charge is 2.13. The average molecular weight is 415 g/mol. The van der Waals surface area contributed by atoms with Crippen LogP contribution in [-0.4, -0.2) is 9.97 Å². The van der Waals surface area contributed by atoms with Gasteiger partial charge in [-0.3, -0.25) is 0 Å². The molecule has 0 radical (unpaired) electrons. The number of halogens is 2. The fraction of sp³-hybridized carbons (Fsp3) is 0.412. The van der Waals surface area contributed by atoms with Crippen LogP contribution in [-0.2, 0) is 6.42 Å². The molecule has 0 aliphatic carbocycles. The summed E-state index contributed by atoms with van der Waals surface area (Å²) in [5, 5.41) is 0.546. The van der Waals surface area contributed by atoms with E-state index in [-0.39, 0.29) is 0 Å². The molecule has 0 aliphatic rings. The maximum absolute atomic E-state index is 6.28. The zero-order valence-corrected chi connectivity index (χ0v) is 15.7. The predicted molar refractivity (Wildman–Crippen MR) is 97.8 cm³/mol. The van der Waals surface area contributed by atoms with Crippen molar-refractivity contribution in [3.8, 4) is 11.4 Å². The van der Waals surface area contributed by atoms with E-state index in [1.807, 2.05) is 0 Å². The first-order valence-corrected chi connectivity index (χ1v) is 8.66. The van der Waals surface area contributed by atoms with Gasteiger partial charge in [-0.05, 0) is 46.4 Å². The summed E-state index contributed by atoms with van der Waals surface area (Å²) in [6, 6.07) is 8.43. The SMILES string of the molecule is CC(C)Cc1nc(-c2ccc(C(C)C)cc2)nc(Cl)c1I. The molecule has 2 nitrogen and oxygen atoms in total. The number of hydrogen-bond acceptors (Lipinski definition) is 2. The van der Waals surface area contributed by atoms with Crippen molar-refractivity contribution in [3.63, 3.8) is 0 Å². The molecule has 0 N–H and O–H groups in total. The second kappa shape index (κ2) is 7.05. The summed E-state index contributed by atoms with van der Waals surface area (Å²) in [7, 11) is 0. The van der Waals surface area contributed by atoms with Crippen molar-refractivity contribution in [2.45, 2.75) is 40.0 Å². The molecule has 0 unspecified atom stereocenters. The van der Waals surface area contributed by atoms with Gasteiger partial charge in [0, 0.05) is 5.56 Å². The zero-order chi connectivity index (χ0) is 15.6. The Labute approximate surface area is 145 Å². The Kier molecular flexibility index (Phi) is 5.60. The van der Waals surface area contributed by atoms with Crippen LogP contribution in [0.2, 0.25) is 5.15 Å². The molecule has 0 atom stereocenters. The predicted octanol–water partition coefficient (Wildman–Crippen LogP) is 5.72. The summed E-state index contributed by atoms with van der Waals surface area (Å²) in [5.74, 6) is 1.78. The Morgan fingerprint density at radius 3 is 2.19 bits per heavy atom. The molecular formula is C17H20ClIN2. The second-order valence-electron chi connectivity index (χ2n) is 5.97. The van der Waals surface area contributed by atoms with E-state index in [0.717, 1.165) is 21.2 Å². The summed E-state index contributed by atoms with van der Waals surface area (Å²) in [6.45, 7) is 8.74. The smallest absolute Gasteiger partial charge is 0.161 e. The number of nitrogens with zero attached hydrogens (tertiary/aromatic N) is 2. The molecule has 0 fully saturated rings. The van der Waals surface area contributed by atoms with Crippen LogP contribution in [0.4, 0.5) is 0 Å². The van der Waals surface area contributed by atoms with Crippen molar-refractivity contribution >= 4 is 34.2 Å². The molecule has 112 valence electrons. The molecule has 21 heavy (non-hydrogen) atoms. The van der Waals surface area contributed by atoms with Gasteiger partial charge in [0.25, 0.3) is 0 Å². The van der Waals surface area contributed by atoms with Crippen molar-refractivity contribution in [1.82, 2.24) is 9.97 Å². The van der Waals surface area contributed by atoms with Gasteiger partial charge in [-0.25, -0.2) is 9.97 Å². The third-order valence-electron chi connectivity index (χ3n) is 3.32. The van der Waals surface area contributed by atoms with Crippen LogP contribution in [0, 0.1) is 9.49 Å². The molecule has 4 heteroatoms. The van der Waals surface area contributed by atoms with E-state index in [9.17, 15) is 0 Å². The van der Waals surface area contributed by atoms with Gasteiger partial charge in [0.1, 0.15) is 5.15 Å². The normalized spacial score (nSPS) is 11.4. The quantitative estimate of drug-likeness (QED) is 0.472. The lowest BCUT2D eigenvalue weighted by atomic mass is 10.0. The maximum Gasteiger partial charge on any atom is 0.161 e. The highest BCUT2D eigenvalue weighted by molar-refractivity contribution is 14.1. The third kappa shape index (κ3) is 4.16. The van der Waals surface area contributed by atoms with Crippen molar-refractivity contribution in [1.29, 1.82) is 0 Å². The van der Waals surface area contributed by atoms with Crippen LogP contribution in [0.25, 0.3) is 11.4 Å². The number of hydrogen-bond donors (Lipinski definition) is 0. The van der Waals surface area contributed by atoms with Crippen LogP contribution in [0.1, 0.15) is 44.9 Å². The monoisotopic (exact) mass is 414 g/mol. The summed E-state index contributed by atoms with van der Waals surface area (Å²) in [5.41, 5.74) is 3.37. The summed E-state index contributed by atoms with van der Waals surface area (Å²) in [6.07, 6.45) is 0.914. The van der Waals surface area contributed by atoms with Crippen LogP contribution in [0.15, 0.2) is 24.3 Å². The van der Waals surface area contributed by atoms with Gasteiger partial charge in [0.15, 0.2) is 5.82 Å². The Morgan fingerprint density at radius 1 is 1.05 bits per heavy atom. The van der Waals surface area contributed by atoms with Crippen LogP contribution < -0.4 is 0 Å². The van der Waals surface area contributed by atoms with Crippen molar-refractivity contribution in [2.75, 3.05) is 0 Å². The van der Waals surface area contributed by atoms with E-state index in [2.05, 4.69) is 79.5 Å². The maximum atomic E-state index is 6.28. The molecule has 1 heterocycles. The number of aromatic nitrogens is 2. The minimum atomic E-state index is 0.525. The summed E-state index contributed by atoms with van der Waals surface area (Å²) >= 11 is 8.51. The van der Waals surface area contributed by atoms with E-state index in [0.29, 0.717) is 22.8 Å². The van der Waals surface area contributed by atoms with Gasteiger partial charge >= 0.3 is 0 Å². The van der Waals surface area contributed by atoms with Crippen molar-refractivity contribution in [3.05, 3.63) is 44.2 Å². The Bertz CT molecular complexity index is 621. The van der Waals surface area contributed by atoms with Gasteiger partial charge < -0.3 is 0 Å². The van der Waals surface area contributed by atoms with E-state index < -0.39 is 0 Å². The lowest BCUT2D eigenvalue weighted by Gasteiger charge is -2.11. The molecule has 0 amide bonds. The third-order valence-corrected chi connectivity index (χ3v) is 5.04. The largest absolute Gasteiger partial charge is 0.232 e. The molecule has 1 aromatic carbocycles. The Hall–Kier alpha value is -0.680. The van der Waals surface area contributed by atoms with E-state index in [4.69, 9.17) is 16.6 Å². The first kappa shape index (κ1) is 16.7. The van der Waals surface area contributed by atoms with Crippen LogP contribution in [0.3, 0.4) is 0 Å². The fourth-order valence-corrected chi connectivity index (χ4v) is 2.78. The molecule has 2 rings (SSSR count). The standard InChI is InChI=1S/C17H20ClIN2/c1-10(2)9-14-15(19)16(18)21-17(20-14)13-7-5-12(6-8-13)11(3)4/h5-8,10-11H,9H2,1-4H3. The number of benzene rings is 1. The lowest BCUT2D eigenvalue weighted by molar-refractivity contribution is 0.632. The average Bonchev–Trinajstić information content (AvgIpc) is 2.43. The van der Waals surface area contributed by atoms with Crippen molar-refractivity contribution in [2.24, 2.45) is 5.92 Å². The molecule has 1 aromatic heterocycles. The number of rotatable bonds is 4. The van der Waals surface area contributed by atoms with Gasteiger partial charge in [-0.1, -0.05) is 63.6 Å². The summed E-state index contributed by atoms with van der Waals surface area (Å²) < 4.78 is 0.963. The van der Waals surface area contributed by atoms with Gasteiger partial charge in [-0.15, -0.1) is 0 Å². The molecule has 0 spiro atoms. The van der Waals surface area contributed by atoms with Gasteiger partial charge in [0.05, 0.1) is 9.26 Å². The minimum Gasteiger partial charge on any atom is -0.232 e. The fourth-order valence-electron chi connectivity index (χ4n) is 2.13. The molecule has 2 aromatic rings. The molecule has 0 aliphatic heterocycles. The molecule has 0 bridgehead atoms. The van der Waals surface area contributed by atoms with E-state index in [1.165, 1.54) is 5.56 Å². The lowest BCUT2D eigenvalue weighted by Crippen LogP contribution is -2.04. The molecular weight excluding hydrogens is 395 g/mol. The highest BCUT2D eigenvalue weighted by atomic mass is 127.